The molecule has 0 spiro atoms. The standard InChI is InChI=1S/C9H19N3O2/c1-4-7(10)9(14)12(6(2)3)5-8(11)13/h6-7H,4-5,10H2,1-3H3,(H2,11,13)/t7-/m1/s1. The maximum atomic E-state index is 11.6. The Balaban J connectivity index is 4.49. The molecule has 0 aliphatic carbocycles. The van der Waals surface area contributed by atoms with Gasteiger partial charge in [-0.25, -0.2) is 0 Å². The van der Waals surface area contributed by atoms with Crippen LogP contribution in [0, 0.1) is 0 Å². The van der Waals surface area contributed by atoms with Crippen molar-refractivity contribution >= 4 is 11.8 Å². The smallest absolute Gasteiger partial charge is 0.240 e. The van der Waals surface area contributed by atoms with Crippen molar-refractivity contribution in [3.63, 3.8) is 0 Å². The van der Waals surface area contributed by atoms with Gasteiger partial charge < -0.3 is 16.4 Å². The fourth-order valence-corrected chi connectivity index (χ4v) is 1.07. The third-order valence-electron chi connectivity index (χ3n) is 1.99. The summed E-state index contributed by atoms with van der Waals surface area (Å²) in [5, 5.41) is 0. The van der Waals surface area contributed by atoms with Crippen molar-refractivity contribution in [2.75, 3.05) is 6.54 Å². The van der Waals surface area contributed by atoms with Crippen molar-refractivity contribution in [1.82, 2.24) is 4.90 Å². The highest BCUT2D eigenvalue weighted by Gasteiger charge is 2.23. The molecule has 0 fully saturated rings. The summed E-state index contributed by atoms with van der Waals surface area (Å²) in [7, 11) is 0. The van der Waals surface area contributed by atoms with Crippen LogP contribution < -0.4 is 11.5 Å². The number of amides is 2. The Labute approximate surface area is 84.4 Å². The highest BCUT2D eigenvalue weighted by Crippen LogP contribution is 2.02. The molecule has 0 aromatic rings. The van der Waals surface area contributed by atoms with Gasteiger partial charge in [-0.15, -0.1) is 0 Å². The SMILES string of the molecule is CC[C@@H](N)C(=O)N(CC(N)=O)C(C)C. The van der Waals surface area contributed by atoms with Crippen molar-refractivity contribution in [2.24, 2.45) is 11.5 Å². The van der Waals surface area contributed by atoms with E-state index in [0.717, 1.165) is 0 Å². The minimum absolute atomic E-state index is 0.0624. The first-order chi connectivity index (χ1) is 6.40. The normalized spacial score (nSPS) is 12.6. The van der Waals surface area contributed by atoms with E-state index in [9.17, 15) is 9.59 Å². The summed E-state index contributed by atoms with van der Waals surface area (Å²) in [6.07, 6.45) is 0.556. The van der Waals surface area contributed by atoms with Crippen molar-refractivity contribution in [3.05, 3.63) is 0 Å². The Morgan fingerprint density at radius 3 is 2.14 bits per heavy atom. The molecule has 0 aromatic heterocycles. The fourth-order valence-electron chi connectivity index (χ4n) is 1.07. The first-order valence-electron chi connectivity index (χ1n) is 4.74. The summed E-state index contributed by atoms with van der Waals surface area (Å²) in [5.74, 6) is -0.739. The molecule has 5 nitrogen and oxygen atoms in total. The molecule has 0 aromatic carbocycles. The number of hydrogen-bond donors (Lipinski definition) is 2. The van der Waals surface area contributed by atoms with Crippen LogP contribution in [0.15, 0.2) is 0 Å². The molecular weight excluding hydrogens is 182 g/mol. The van der Waals surface area contributed by atoms with Crippen LogP contribution in [0.4, 0.5) is 0 Å². The van der Waals surface area contributed by atoms with Crippen LogP contribution in [0.3, 0.4) is 0 Å². The van der Waals surface area contributed by atoms with Crippen LogP contribution in [0.2, 0.25) is 0 Å². The molecule has 14 heavy (non-hydrogen) atoms. The van der Waals surface area contributed by atoms with Crippen LogP contribution in [0.25, 0.3) is 0 Å². The Bertz CT molecular complexity index is 216. The number of nitrogens with zero attached hydrogens (tertiary/aromatic N) is 1. The Morgan fingerprint density at radius 1 is 1.36 bits per heavy atom. The molecule has 0 aliphatic heterocycles. The fraction of sp³-hybridized carbons (Fsp3) is 0.778. The highest BCUT2D eigenvalue weighted by molar-refractivity contribution is 5.86. The lowest BCUT2D eigenvalue weighted by molar-refractivity contribution is -0.138. The van der Waals surface area contributed by atoms with Gasteiger partial charge in [0.2, 0.25) is 11.8 Å². The van der Waals surface area contributed by atoms with Crippen LogP contribution in [0.1, 0.15) is 27.2 Å². The van der Waals surface area contributed by atoms with Crippen molar-refractivity contribution in [3.8, 4) is 0 Å². The molecule has 0 heterocycles. The predicted molar refractivity (Wildman–Crippen MR) is 54.3 cm³/mol. The number of carbonyl (C=O) groups excluding carboxylic acids is 2. The third-order valence-corrected chi connectivity index (χ3v) is 1.99. The van der Waals surface area contributed by atoms with Gasteiger partial charge in [-0.05, 0) is 20.3 Å². The van der Waals surface area contributed by atoms with E-state index < -0.39 is 11.9 Å². The molecule has 0 saturated heterocycles. The van der Waals surface area contributed by atoms with Gasteiger partial charge in [0.05, 0.1) is 12.6 Å². The van der Waals surface area contributed by atoms with Gasteiger partial charge in [0.1, 0.15) is 0 Å². The minimum Gasteiger partial charge on any atom is -0.368 e. The van der Waals surface area contributed by atoms with E-state index in [0.29, 0.717) is 6.42 Å². The van der Waals surface area contributed by atoms with Gasteiger partial charge in [0.15, 0.2) is 0 Å². The maximum Gasteiger partial charge on any atom is 0.240 e. The van der Waals surface area contributed by atoms with E-state index in [-0.39, 0.29) is 18.5 Å². The lowest BCUT2D eigenvalue weighted by atomic mass is 10.2. The molecule has 0 saturated carbocycles. The molecule has 0 unspecified atom stereocenters. The van der Waals surface area contributed by atoms with Gasteiger partial charge in [-0.3, -0.25) is 9.59 Å². The van der Waals surface area contributed by atoms with Crippen molar-refractivity contribution in [1.29, 1.82) is 0 Å². The zero-order valence-electron chi connectivity index (χ0n) is 8.99. The quantitative estimate of drug-likeness (QED) is 0.625. The summed E-state index contributed by atoms with van der Waals surface area (Å²) in [6.45, 7) is 5.40. The van der Waals surface area contributed by atoms with E-state index in [4.69, 9.17) is 11.5 Å². The van der Waals surface area contributed by atoms with E-state index >= 15 is 0 Å². The third kappa shape index (κ3) is 3.74. The van der Waals surface area contributed by atoms with E-state index in [1.807, 2.05) is 20.8 Å². The first-order valence-corrected chi connectivity index (χ1v) is 4.74. The lowest BCUT2D eigenvalue weighted by Gasteiger charge is -2.27. The lowest BCUT2D eigenvalue weighted by Crippen LogP contribution is -2.49. The second-order valence-corrected chi connectivity index (χ2v) is 3.54. The van der Waals surface area contributed by atoms with E-state index in [2.05, 4.69) is 0 Å². The van der Waals surface area contributed by atoms with Crippen LogP contribution in [-0.4, -0.2) is 35.3 Å². The zero-order chi connectivity index (χ0) is 11.3. The van der Waals surface area contributed by atoms with Crippen LogP contribution in [0.5, 0.6) is 0 Å². The number of hydrogen-bond acceptors (Lipinski definition) is 3. The second kappa shape index (κ2) is 5.59. The molecule has 0 rings (SSSR count). The molecular formula is C9H19N3O2. The molecule has 0 bridgehead atoms. The van der Waals surface area contributed by atoms with E-state index in [1.54, 1.807) is 0 Å². The average Bonchev–Trinajstić information content (AvgIpc) is 2.11. The Morgan fingerprint density at radius 2 is 1.86 bits per heavy atom. The molecule has 5 heteroatoms. The largest absolute Gasteiger partial charge is 0.368 e. The van der Waals surface area contributed by atoms with Gasteiger partial charge in [0, 0.05) is 6.04 Å². The number of carbonyl (C=O) groups is 2. The summed E-state index contributed by atoms with van der Waals surface area (Å²) in [6, 6.07) is -0.607. The van der Waals surface area contributed by atoms with Gasteiger partial charge in [0.25, 0.3) is 0 Å². The monoisotopic (exact) mass is 201 g/mol. The highest BCUT2D eigenvalue weighted by atomic mass is 16.2. The summed E-state index contributed by atoms with van der Waals surface area (Å²) in [5.41, 5.74) is 10.6. The molecule has 82 valence electrons. The van der Waals surface area contributed by atoms with E-state index in [1.165, 1.54) is 4.90 Å². The minimum atomic E-state index is -0.545. The molecule has 2 amide bonds. The second-order valence-electron chi connectivity index (χ2n) is 3.54. The van der Waals surface area contributed by atoms with Crippen LogP contribution in [-0.2, 0) is 9.59 Å². The van der Waals surface area contributed by atoms with Crippen molar-refractivity contribution in [2.45, 2.75) is 39.3 Å². The molecule has 4 N–H and O–H groups in total. The van der Waals surface area contributed by atoms with Gasteiger partial charge >= 0.3 is 0 Å². The summed E-state index contributed by atoms with van der Waals surface area (Å²) >= 11 is 0. The zero-order valence-corrected chi connectivity index (χ0v) is 8.99. The van der Waals surface area contributed by atoms with Crippen LogP contribution >= 0.6 is 0 Å². The summed E-state index contributed by atoms with van der Waals surface area (Å²) in [4.78, 5) is 23.8. The van der Waals surface area contributed by atoms with Gasteiger partial charge in [-0.1, -0.05) is 6.92 Å². The predicted octanol–water partition coefficient (Wildman–Crippen LogP) is -0.554. The molecule has 1 atom stereocenters. The number of nitrogens with two attached hydrogens (primary N) is 2. The Kier molecular flexibility index (Phi) is 5.15. The van der Waals surface area contributed by atoms with Gasteiger partial charge in [-0.2, -0.15) is 0 Å². The van der Waals surface area contributed by atoms with Crippen molar-refractivity contribution < 1.29 is 9.59 Å². The first kappa shape index (κ1) is 12.9. The average molecular weight is 201 g/mol. The Hall–Kier alpha value is -1.10. The molecule has 0 aliphatic rings. The number of rotatable bonds is 5. The summed E-state index contributed by atoms with van der Waals surface area (Å²) < 4.78 is 0. The molecule has 0 radical (unpaired) electrons. The number of primary amides is 1. The topological polar surface area (TPSA) is 89.4 Å². The maximum absolute atomic E-state index is 11.6.